The highest BCUT2D eigenvalue weighted by molar-refractivity contribution is 6.35. The molecule has 0 aromatic heterocycles. The molecule has 1 atom stereocenters. The molecule has 0 saturated carbocycles. The van der Waals surface area contributed by atoms with E-state index in [1.807, 2.05) is 12.1 Å². The summed E-state index contributed by atoms with van der Waals surface area (Å²) in [5, 5.41) is -0.856. The molecule has 0 N–H and O–H groups in total. The first-order valence-corrected chi connectivity index (χ1v) is 8.52. The molecule has 1 unspecified atom stereocenters. The predicted molar refractivity (Wildman–Crippen MR) is 92.7 cm³/mol. The Morgan fingerprint density at radius 1 is 0.960 bits per heavy atom. The van der Waals surface area contributed by atoms with Gasteiger partial charge in [0, 0.05) is 0 Å². The van der Waals surface area contributed by atoms with Gasteiger partial charge in [0.2, 0.25) is 0 Å². The van der Waals surface area contributed by atoms with Gasteiger partial charge in [-0.1, -0.05) is 53.6 Å². The number of allylic oxidation sites excluding steroid dienone is 1. The van der Waals surface area contributed by atoms with Crippen LogP contribution in [0.3, 0.4) is 0 Å². The van der Waals surface area contributed by atoms with Crippen LogP contribution in [0.5, 0.6) is 0 Å². The van der Waals surface area contributed by atoms with Crippen molar-refractivity contribution in [3.05, 3.63) is 74.5 Å². The third kappa shape index (κ3) is 4.01. The molecule has 0 heterocycles. The van der Waals surface area contributed by atoms with Crippen molar-refractivity contribution in [2.24, 2.45) is 0 Å². The second-order valence-electron chi connectivity index (χ2n) is 6.06. The van der Waals surface area contributed by atoms with Crippen LogP contribution in [0, 0.1) is 5.82 Å². The van der Waals surface area contributed by atoms with E-state index in [1.165, 1.54) is 17.2 Å². The van der Waals surface area contributed by atoms with E-state index in [0.29, 0.717) is 5.56 Å². The Balaban J connectivity index is 1.95. The van der Waals surface area contributed by atoms with E-state index >= 15 is 0 Å². The summed E-state index contributed by atoms with van der Waals surface area (Å²) in [4.78, 5) is 0. The Kier molecular flexibility index (Phi) is 5.12. The molecule has 0 saturated heterocycles. The Morgan fingerprint density at radius 3 is 2.24 bits per heavy atom. The normalized spacial score (nSPS) is 15.6. The summed E-state index contributed by atoms with van der Waals surface area (Å²) < 4.78 is 53.9. The van der Waals surface area contributed by atoms with Gasteiger partial charge in [0.05, 0.1) is 16.0 Å². The average Bonchev–Trinajstić information content (AvgIpc) is 2.99. The Bertz CT molecular complexity index is 802. The lowest BCUT2D eigenvalue weighted by atomic mass is 9.96. The van der Waals surface area contributed by atoms with Crippen LogP contribution in [0.25, 0.3) is 6.08 Å². The van der Waals surface area contributed by atoms with Gasteiger partial charge in [-0.25, -0.2) is 4.39 Å². The minimum atomic E-state index is -4.54. The second-order valence-corrected chi connectivity index (χ2v) is 6.87. The second kappa shape index (κ2) is 7.00. The van der Waals surface area contributed by atoms with E-state index in [2.05, 4.69) is 0 Å². The molecule has 0 bridgehead atoms. The van der Waals surface area contributed by atoms with Crippen molar-refractivity contribution >= 4 is 29.3 Å². The van der Waals surface area contributed by atoms with Gasteiger partial charge in [0.15, 0.2) is 5.82 Å². The molecule has 0 aliphatic heterocycles. The summed E-state index contributed by atoms with van der Waals surface area (Å²) >= 11 is 11.3. The van der Waals surface area contributed by atoms with Crippen molar-refractivity contribution in [2.45, 2.75) is 31.4 Å². The van der Waals surface area contributed by atoms with E-state index in [1.54, 1.807) is 6.07 Å². The first-order valence-electron chi connectivity index (χ1n) is 7.77. The summed E-state index contributed by atoms with van der Waals surface area (Å²) in [6.07, 6.45) is 0.969. The van der Waals surface area contributed by atoms with Crippen LogP contribution in [0.15, 0.2) is 36.4 Å². The predicted octanol–water partition coefficient (Wildman–Crippen LogP) is 6.98. The molecule has 1 aliphatic carbocycles. The van der Waals surface area contributed by atoms with Crippen molar-refractivity contribution in [3.63, 3.8) is 0 Å². The van der Waals surface area contributed by atoms with Crippen LogP contribution in [0.1, 0.15) is 34.6 Å². The minimum Gasteiger partial charge on any atom is -0.204 e. The number of hydrogen-bond acceptors (Lipinski definition) is 0. The summed E-state index contributed by atoms with van der Waals surface area (Å²) in [7, 11) is 0. The summed E-state index contributed by atoms with van der Waals surface area (Å²) in [6.45, 7) is 0. The highest BCUT2D eigenvalue weighted by Gasteiger charge is 2.39. The average molecular weight is 389 g/mol. The number of fused-ring (bicyclic) bond motifs is 1. The third-order valence-electron chi connectivity index (χ3n) is 4.32. The van der Waals surface area contributed by atoms with Gasteiger partial charge in [0.25, 0.3) is 0 Å². The monoisotopic (exact) mass is 388 g/mol. The molecule has 0 spiro atoms. The van der Waals surface area contributed by atoms with Gasteiger partial charge >= 0.3 is 6.18 Å². The van der Waals surface area contributed by atoms with Crippen LogP contribution in [0.4, 0.5) is 17.6 Å². The molecule has 2 aromatic rings. The van der Waals surface area contributed by atoms with Gasteiger partial charge in [-0.05, 0) is 53.6 Å². The molecule has 0 amide bonds. The molecule has 1 aliphatic rings. The first-order chi connectivity index (χ1) is 11.8. The molecule has 2 aromatic carbocycles. The molecule has 0 radical (unpaired) electrons. The molecule has 0 nitrogen and oxygen atoms in total. The molecule has 6 heteroatoms. The minimum absolute atomic E-state index is 0.193. The summed E-state index contributed by atoms with van der Waals surface area (Å²) in [6, 6.07) is 7.60. The van der Waals surface area contributed by atoms with Crippen molar-refractivity contribution < 1.29 is 17.6 Å². The SMILES string of the molecule is Fc1c(Cl)cc(C(/C=C/c2ccc3c(c2)CCC3)C(F)(F)F)cc1Cl. The van der Waals surface area contributed by atoms with Crippen molar-refractivity contribution in [1.29, 1.82) is 0 Å². The lowest BCUT2D eigenvalue weighted by molar-refractivity contribution is -0.139. The van der Waals surface area contributed by atoms with Crippen LogP contribution >= 0.6 is 23.2 Å². The number of halogens is 6. The fourth-order valence-electron chi connectivity index (χ4n) is 3.07. The van der Waals surface area contributed by atoms with E-state index in [9.17, 15) is 17.6 Å². The van der Waals surface area contributed by atoms with Gasteiger partial charge in [0.1, 0.15) is 0 Å². The lowest BCUT2D eigenvalue weighted by Gasteiger charge is -2.18. The van der Waals surface area contributed by atoms with Gasteiger partial charge < -0.3 is 0 Å². The number of rotatable bonds is 3. The topological polar surface area (TPSA) is 0 Å². The van der Waals surface area contributed by atoms with Gasteiger partial charge in [-0.3, -0.25) is 0 Å². The smallest absolute Gasteiger partial charge is 0.204 e. The zero-order valence-electron chi connectivity index (χ0n) is 13.0. The molecule has 3 rings (SSSR count). The van der Waals surface area contributed by atoms with Crippen LogP contribution in [-0.2, 0) is 12.8 Å². The van der Waals surface area contributed by atoms with E-state index < -0.39 is 28.0 Å². The van der Waals surface area contributed by atoms with Crippen LogP contribution in [0.2, 0.25) is 10.0 Å². The lowest BCUT2D eigenvalue weighted by Crippen LogP contribution is -2.19. The molecule has 0 fully saturated rings. The molecular weight excluding hydrogens is 375 g/mol. The first kappa shape index (κ1) is 18.3. The van der Waals surface area contributed by atoms with Crippen molar-refractivity contribution in [2.75, 3.05) is 0 Å². The van der Waals surface area contributed by atoms with Crippen LogP contribution in [-0.4, -0.2) is 6.18 Å². The summed E-state index contributed by atoms with van der Waals surface area (Å²) in [5.74, 6) is -2.84. The van der Waals surface area contributed by atoms with E-state index in [-0.39, 0.29) is 5.56 Å². The van der Waals surface area contributed by atoms with Crippen molar-refractivity contribution in [3.8, 4) is 0 Å². The maximum Gasteiger partial charge on any atom is 0.399 e. The highest BCUT2D eigenvalue weighted by atomic mass is 35.5. The van der Waals surface area contributed by atoms with E-state index in [4.69, 9.17) is 23.2 Å². The van der Waals surface area contributed by atoms with Gasteiger partial charge in [-0.2, -0.15) is 13.2 Å². The zero-order chi connectivity index (χ0) is 18.2. The molecule has 132 valence electrons. The fraction of sp³-hybridized carbons (Fsp3) is 0.263. The van der Waals surface area contributed by atoms with E-state index in [0.717, 1.165) is 37.5 Å². The third-order valence-corrected chi connectivity index (χ3v) is 4.87. The maximum absolute atomic E-state index is 13.5. The number of benzene rings is 2. The molecule has 25 heavy (non-hydrogen) atoms. The zero-order valence-corrected chi connectivity index (χ0v) is 14.5. The standard InChI is InChI=1S/C19H14Cl2F4/c20-16-9-14(10-17(21)18(16)22)15(19(23,24)25)7-5-11-4-6-12-2-1-3-13(12)8-11/h4-10,15H,1-3H2/b7-5+. The number of hydrogen-bond donors (Lipinski definition) is 0. The highest BCUT2D eigenvalue weighted by Crippen LogP contribution is 2.39. The fourth-order valence-corrected chi connectivity index (χ4v) is 3.57. The molecular formula is C19H14Cl2F4. The number of aryl methyl sites for hydroxylation is 2. The Morgan fingerprint density at radius 2 is 1.60 bits per heavy atom. The Hall–Kier alpha value is -1.52. The van der Waals surface area contributed by atoms with Crippen molar-refractivity contribution in [1.82, 2.24) is 0 Å². The quantitative estimate of drug-likeness (QED) is 0.392. The van der Waals surface area contributed by atoms with Crippen LogP contribution < -0.4 is 0 Å². The van der Waals surface area contributed by atoms with Gasteiger partial charge in [-0.15, -0.1) is 0 Å². The number of alkyl halides is 3. The Labute approximate surface area is 153 Å². The largest absolute Gasteiger partial charge is 0.399 e. The maximum atomic E-state index is 13.5. The summed E-state index contributed by atoms with van der Waals surface area (Å²) in [5.41, 5.74) is 2.94.